The minimum Gasteiger partial charge on any atom is -0.395 e. The monoisotopic (exact) mass is 255 g/mol. The molecule has 0 saturated carbocycles. The Hall–Kier alpha value is -0.810. The summed E-state index contributed by atoms with van der Waals surface area (Å²) < 4.78 is 0. The summed E-state index contributed by atoms with van der Waals surface area (Å²) in [7, 11) is 0. The number of nitrogens with zero attached hydrogens (tertiary/aromatic N) is 3. The van der Waals surface area contributed by atoms with Gasteiger partial charge < -0.3 is 10.0 Å². The normalized spacial score (nSPS) is 10.9. The lowest BCUT2D eigenvalue weighted by Crippen LogP contribution is -2.37. The molecule has 0 aliphatic carbocycles. The van der Waals surface area contributed by atoms with Crippen molar-refractivity contribution in [2.75, 3.05) is 24.3 Å². The highest BCUT2D eigenvalue weighted by molar-refractivity contribution is 7.98. The van der Waals surface area contributed by atoms with Crippen LogP contribution in [0.3, 0.4) is 0 Å². The highest BCUT2D eigenvalue weighted by atomic mass is 32.2. The van der Waals surface area contributed by atoms with Gasteiger partial charge in [0.1, 0.15) is 17.2 Å². The van der Waals surface area contributed by atoms with Gasteiger partial charge in [-0.15, -0.1) is 11.8 Å². The summed E-state index contributed by atoms with van der Waals surface area (Å²) in [5.41, 5.74) is 0. The molecule has 4 nitrogen and oxygen atoms in total. The van der Waals surface area contributed by atoms with Crippen LogP contribution < -0.4 is 4.90 Å². The molecule has 0 aromatic carbocycles. The Labute approximate surface area is 107 Å². The fraction of sp³-hybridized carbons (Fsp3) is 0.667. The van der Waals surface area contributed by atoms with Gasteiger partial charge in [-0.3, -0.25) is 0 Å². The van der Waals surface area contributed by atoms with Gasteiger partial charge in [0.2, 0.25) is 0 Å². The van der Waals surface area contributed by atoms with Crippen LogP contribution in [0.5, 0.6) is 0 Å². The zero-order chi connectivity index (χ0) is 12.7. The molecule has 0 amide bonds. The van der Waals surface area contributed by atoms with Crippen LogP contribution in [-0.2, 0) is 0 Å². The molecule has 5 heteroatoms. The van der Waals surface area contributed by atoms with Gasteiger partial charge in [-0.2, -0.15) is 0 Å². The van der Waals surface area contributed by atoms with Gasteiger partial charge in [-0.05, 0) is 19.1 Å². The van der Waals surface area contributed by atoms with Gasteiger partial charge in [0, 0.05) is 18.7 Å². The lowest BCUT2D eigenvalue weighted by atomic mass is 10.1. The lowest BCUT2D eigenvalue weighted by molar-refractivity contribution is 0.295. The highest BCUT2D eigenvalue weighted by Crippen LogP contribution is 2.21. The Morgan fingerprint density at radius 2 is 2.06 bits per heavy atom. The van der Waals surface area contributed by atoms with Crippen molar-refractivity contribution in [2.45, 2.75) is 37.8 Å². The predicted molar refractivity (Wildman–Crippen MR) is 72.6 cm³/mol. The maximum absolute atomic E-state index is 9.17. The molecule has 1 aromatic rings. The SMILES string of the molecule is CCC(CC)N(CCO)c1cc(SC)ncn1. The van der Waals surface area contributed by atoms with Gasteiger partial charge in [-0.25, -0.2) is 9.97 Å². The van der Waals surface area contributed by atoms with Crippen LogP contribution in [0.25, 0.3) is 0 Å². The van der Waals surface area contributed by atoms with Crippen LogP contribution in [0, 0.1) is 0 Å². The first kappa shape index (κ1) is 14.3. The van der Waals surface area contributed by atoms with Crippen LogP contribution in [0.2, 0.25) is 0 Å². The molecule has 0 aliphatic heterocycles. The van der Waals surface area contributed by atoms with E-state index in [-0.39, 0.29) is 6.61 Å². The molecule has 0 fully saturated rings. The van der Waals surface area contributed by atoms with Crippen molar-refractivity contribution >= 4 is 17.6 Å². The molecule has 17 heavy (non-hydrogen) atoms. The third kappa shape index (κ3) is 3.85. The van der Waals surface area contributed by atoms with Crippen LogP contribution in [0.4, 0.5) is 5.82 Å². The molecule has 1 aromatic heterocycles. The third-order valence-corrected chi connectivity index (χ3v) is 3.50. The quantitative estimate of drug-likeness (QED) is 0.598. The minimum absolute atomic E-state index is 0.148. The topological polar surface area (TPSA) is 49.2 Å². The van der Waals surface area contributed by atoms with Crippen molar-refractivity contribution in [2.24, 2.45) is 0 Å². The summed E-state index contributed by atoms with van der Waals surface area (Å²) >= 11 is 1.61. The zero-order valence-corrected chi connectivity index (χ0v) is 11.6. The molecule has 1 heterocycles. The second kappa shape index (κ2) is 7.50. The van der Waals surface area contributed by atoms with Crippen molar-refractivity contribution in [1.29, 1.82) is 0 Å². The van der Waals surface area contributed by atoms with E-state index in [9.17, 15) is 5.11 Å². The van der Waals surface area contributed by atoms with E-state index in [4.69, 9.17) is 0 Å². The van der Waals surface area contributed by atoms with Crippen molar-refractivity contribution < 1.29 is 5.11 Å². The van der Waals surface area contributed by atoms with Crippen molar-refractivity contribution in [3.63, 3.8) is 0 Å². The third-order valence-electron chi connectivity index (χ3n) is 2.86. The van der Waals surface area contributed by atoms with E-state index in [1.807, 2.05) is 12.3 Å². The molecular weight excluding hydrogens is 234 g/mol. The second-order valence-corrected chi connectivity index (χ2v) is 4.63. The van der Waals surface area contributed by atoms with Crippen molar-refractivity contribution in [3.8, 4) is 0 Å². The number of thioether (sulfide) groups is 1. The Balaban J connectivity index is 2.94. The first-order valence-corrected chi connectivity index (χ1v) is 7.22. The summed E-state index contributed by atoms with van der Waals surface area (Å²) in [5, 5.41) is 10.1. The van der Waals surface area contributed by atoms with Crippen molar-refractivity contribution in [3.05, 3.63) is 12.4 Å². The molecule has 0 bridgehead atoms. The molecule has 0 radical (unpaired) electrons. The summed E-state index contributed by atoms with van der Waals surface area (Å²) in [6, 6.07) is 2.41. The number of aliphatic hydroxyl groups excluding tert-OH is 1. The fourth-order valence-corrected chi connectivity index (χ4v) is 2.30. The van der Waals surface area contributed by atoms with Crippen LogP contribution in [-0.4, -0.2) is 40.5 Å². The molecule has 0 saturated heterocycles. The molecule has 1 N–H and O–H groups in total. The standard InChI is InChI=1S/C12H21N3OS/c1-4-10(5-2)15(6-7-16)11-8-12(17-3)14-9-13-11/h8-10,16H,4-7H2,1-3H3. The van der Waals surface area contributed by atoms with Gasteiger partial charge in [0.05, 0.1) is 6.61 Å². The molecule has 1 rings (SSSR count). The lowest BCUT2D eigenvalue weighted by Gasteiger charge is -2.31. The number of aliphatic hydroxyl groups is 1. The average molecular weight is 255 g/mol. The second-order valence-electron chi connectivity index (χ2n) is 3.81. The van der Waals surface area contributed by atoms with Crippen LogP contribution in [0.1, 0.15) is 26.7 Å². The molecule has 0 aliphatic rings. The maximum Gasteiger partial charge on any atom is 0.133 e. The van der Waals surface area contributed by atoms with Gasteiger partial charge >= 0.3 is 0 Å². The minimum atomic E-state index is 0.148. The number of rotatable bonds is 7. The number of hydrogen-bond donors (Lipinski definition) is 1. The van der Waals surface area contributed by atoms with E-state index >= 15 is 0 Å². The van der Waals surface area contributed by atoms with Crippen LogP contribution in [0.15, 0.2) is 17.4 Å². The van der Waals surface area contributed by atoms with Gasteiger partial charge in [0.15, 0.2) is 0 Å². The van der Waals surface area contributed by atoms with Crippen molar-refractivity contribution in [1.82, 2.24) is 9.97 Å². The largest absolute Gasteiger partial charge is 0.395 e. The van der Waals surface area contributed by atoms with E-state index in [1.165, 1.54) is 0 Å². The van der Waals surface area contributed by atoms with E-state index in [0.29, 0.717) is 12.6 Å². The fourth-order valence-electron chi connectivity index (χ4n) is 1.92. The zero-order valence-electron chi connectivity index (χ0n) is 10.8. The smallest absolute Gasteiger partial charge is 0.133 e. The summed E-state index contributed by atoms with van der Waals surface area (Å²) in [4.78, 5) is 10.7. The van der Waals surface area contributed by atoms with E-state index in [2.05, 4.69) is 28.7 Å². The predicted octanol–water partition coefficient (Wildman–Crippen LogP) is 2.19. The summed E-state index contributed by atoms with van der Waals surface area (Å²) in [6.07, 6.45) is 5.69. The van der Waals surface area contributed by atoms with E-state index in [1.54, 1.807) is 18.1 Å². The summed E-state index contributed by atoms with van der Waals surface area (Å²) in [6.45, 7) is 5.09. The molecular formula is C12H21N3OS. The Bertz CT molecular complexity index is 331. The highest BCUT2D eigenvalue weighted by Gasteiger charge is 2.16. The average Bonchev–Trinajstić information content (AvgIpc) is 2.39. The number of aromatic nitrogens is 2. The summed E-state index contributed by atoms with van der Waals surface area (Å²) in [5.74, 6) is 0.909. The first-order chi connectivity index (χ1) is 8.26. The van der Waals surface area contributed by atoms with E-state index in [0.717, 1.165) is 23.7 Å². The maximum atomic E-state index is 9.17. The van der Waals surface area contributed by atoms with Gasteiger partial charge in [-0.1, -0.05) is 13.8 Å². The number of anilines is 1. The molecule has 96 valence electrons. The Morgan fingerprint density at radius 3 is 2.59 bits per heavy atom. The first-order valence-electron chi connectivity index (χ1n) is 6.00. The Kier molecular flexibility index (Phi) is 6.29. The Morgan fingerprint density at radius 1 is 1.35 bits per heavy atom. The molecule has 0 atom stereocenters. The van der Waals surface area contributed by atoms with Crippen LogP contribution >= 0.6 is 11.8 Å². The number of hydrogen-bond acceptors (Lipinski definition) is 5. The van der Waals surface area contributed by atoms with E-state index < -0.39 is 0 Å². The van der Waals surface area contributed by atoms with Gasteiger partial charge in [0.25, 0.3) is 0 Å². The molecule has 0 unspecified atom stereocenters. The molecule has 0 spiro atoms.